The molecule has 0 fully saturated rings. The predicted molar refractivity (Wildman–Crippen MR) is 89.4 cm³/mol. The Kier molecular flexibility index (Phi) is 5.59. The summed E-state index contributed by atoms with van der Waals surface area (Å²) in [5.41, 5.74) is 1.95. The molecule has 0 aliphatic carbocycles. The SMILES string of the molecule is CCN(Cc1ccco1)C(=O)CCc1c(C)[nH]c(=O)c(C#N)c1C. The van der Waals surface area contributed by atoms with Crippen molar-refractivity contribution in [3.8, 4) is 6.07 Å². The van der Waals surface area contributed by atoms with Gasteiger partial charge in [-0.05, 0) is 50.5 Å². The van der Waals surface area contributed by atoms with Gasteiger partial charge in [-0.25, -0.2) is 0 Å². The highest BCUT2D eigenvalue weighted by Gasteiger charge is 2.17. The van der Waals surface area contributed by atoms with Crippen molar-refractivity contribution in [1.82, 2.24) is 9.88 Å². The topological polar surface area (TPSA) is 90.1 Å². The zero-order valence-corrected chi connectivity index (χ0v) is 14.2. The number of aryl methyl sites for hydroxylation is 1. The van der Waals surface area contributed by atoms with Crippen molar-refractivity contribution < 1.29 is 9.21 Å². The van der Waals surface area contributed by atoms with E-state index in [0.29, 0.717) is 37.2 Å². The number of rotatable bonds is 6. The Balaban J connectivity index is 2.11. The van der Waals surface area contributed by atoms with Gasteiger partial charge in [0.15, 0.2) is 0 Å². The smallest absolute Gasteiger partial charge is 0.266 e. The number of amides is 1. The molecule has 6 heteroatoms. The Hall–Kier alpha value is -2.81. The van der Waals surface area contributed by atoms with Crippen LogP contribution in [0.1, 0.15) is 41.5 Å². The molecule has 0 aliphatic rings. The van der Waals surface area contributed by atoms with Gasteiger partial charge in [0.25, 0.3) is 5.56 Å². The maximum atomic E-state index is 12.5. The Labute approximate surface area is 140 Å². The summed E-state index contributed by atoms with van der Waals surface area (Å²) in [4.78, 5) is 28.6. The maximum absolute atomic E-state index is 12.5. The van der Waals surface area contributed by atoms with E-state index in [9.17, 15) is 9.59 Å². The number of nitrogens with zero attached hydrogens (tertiary/aromatic N) is 2. The molecule has 0 spiro atoms. The molecule has 0 aliphatic heterocycles. The first-order chi connectivity index (χ1) is 11.5. The lowest BCUT2D eigenvalue weighted by atomic mass is 9.99. The normalized spacial score (nSPS) is 10.4. The van der Waals surface area contributed by atoms with Gasteiger partial charge in [0, 0.05) is 18.7 Å². The van der Waals surface area contributed by atoms with Crippen molar-refractivity contribution in [2.75, 3.05) is 6.54 Å². The second kappa shape index (κ2) is 7.64. The fraction of sp³-hybridized carbons (Fsp3) is 0.389. The van der Waals surface area contributed by atoms with E-state index in [1.807, 2.05) is 19.1 Å². The molecule has 2 rings (SSSR count). The van der Waals surface area contributed by atoms with Gasteiger partial charge in [0.1, 0.15) is 17.4 Å². The van der Waals surface area contributed by atoms with Crippen molar-refractivity contribution in [3.05, 3.63) is 56.9 Å². The molecule has 0 radical (unpaired) electrons. The zero-order chi connectivity index (χ0) is 17.7. The van der Waals surface area contributed by atoms with Crippen LogP contribution in [-0.2, 0) is 17.8 Å². The van der Waals surface area contributed by atoms with Gasteiger partial charge in [-0.1, -0.05) is 0 Å². The number of carbonyl (C=O) groups is 1. The van der Waals surface area contributed by atoms with Crippen LogP contribution in [0.15, 0.2) is 27.6 Å². The van der Waals surface area contributed by atoms with Gasteiger partial charge < -0.3 is 14.3 Å². The lowest BCUT2D eigenvalue weighted by molar-refractivity contribution is -0.131. The summed E-state index contributed by atoms with van der Waals surface area (Å²) in [5, 5.41) is 9.11. The monoisotopic (exact) mass is 327 g/mol. The number of carbonyl (C=O) groups excluding carboxylic acids is 1. The number of pyridine rings is 1. The van der Waals surface area contributed by atoms with Gasteiger partial charge in [-0.15, -0.1) is 0 Å². The van der Waals surface area contributed by atoms with Gasteiger partial charge in [-0.3, -0.25) is 9.59 Å². The van der Waals surface area contributed by atoms with E-state index in [4.69, 9.17) is 9.68 Å². The Morgan fingerprint density at radius 2 is 2.17 bits per heavy atom. The molecular weight excluding hydrogens is 306 g/mol. The highest BCUT2D eigenvalue weighted by atomic mass is 16.3. The minimum atomic E-state index is -0.379. The molecular formula is C18H21N3O3. The van der Waals surface area contributed by atoms with Gasteiger partial charge in [0.05, 0.1) is 12.8 Å². The van der Waals surface area contributed by atoms with Crippen LogP contribution in [0.2, 0.25) is 0 Å². The number of aromatic nitrogens is 1. The van der Waals surface area contributed by atoms with Crippen LogP contribution < -0.4 is 5.56 Å². The molecule has 0 aromatic carbocycles. The van der Waals surface area contributed by atoms with Crippen molar-refractivity contribution >= 4 is 5.91 Å². The maximum Gasteiger partial charge on any atom is 0.266 e. The van der Waals surface area contributed by atoms with E-state index in [1.165, 1.54) is 0 Å². The summed E-state index contributed by atoms with van der Waals surface area (Å²) in [5.74, 6) is 0.755. The minimum absolute atomic E-state index is 0.0115. The molecule has 2 aromatic heterocycles. The number of aromatic amines is 1. The van der Waals surface area contributed by atoms with E-state index in [-0.39, 0.29) is 17.0 Å². The van der Waals surface area contributed by atoms with Crippen LogP contribution in [0, 0.1) is 25.2 Å². The van der Waals surface area contributed by atoms with E-state index >= 15 is 0 Å². The standard InChI is InChI=1S/C18H21N3O3/c1-4-21(11-14-6-5-9-24-14)17(22)8-7-15-12(2)16(10-19)18(23)20-13(15)3/h5-6,9H,4,7-8,11H2,1-3H3,(H,20,23). The summed E-state index contributed by atoms with van der Waals surface area (Å²) >= 11 is 0. The van der Waals surface area contributed by atoms with Crippen LogP contribution in [-0.4, -0.2) is 22.3 Å². The third kappa shape index (κ3) is 3.74. The number of nitriles is 1. The van der Waals surface area contributed by atoms with Crippen LogP contribution in [0.25, 0.3) is 0 Å². The molecule has 0 atom stereocenters. The number of furan rings is 1. The van der Waals surface area contributed by atoms with Gasteiger partial charge >= 0.3 is 0 Å². The summed E-state index contributed by atoms with van der Waals surface area (Å²) in [6.07, 6.45) is 2.38. The molecule has 6 nitrogen and oxygen atoms in total. The fourth-order valence-electron chi connectivity index (χ4n) is 2.78. The summed E-state index contributed by atoms with van der Waals surface area (Å²) in [7, 11) is 0. The first kappa shape index (κ1) is 17.5. The van der Waals surface area contributed by atoms with Crippen LogP contribution in [0.5, 0.6) is 0 Å². The highest BCUT2D eigenvalue weighted by molar-refractivity contribution is 5.76. The lowest BCUT2D eigenvalue weighted by Gasteiger charge is -2.20. The number of nitrogens with one attached hydrogen (secondary N) is 1. The van der Waals surface area contributed by atoms with Crippen LogP contribution in [0.3, 0.4) is 0 Å². The van der Waals surface area contributed by atoms with Crippen LogP contribution >= 0.6 is 0 Å². The predicted octanol–water partition coefficient (Wildman–Crippen LogP) is 2.44. The Morgan fingerprint density at radius 1 is 1.42 bits per heavy atom. The van der Waals surface area contributed by atoms with Crippen molar-refractivity contribution in [2.24, 2.45) is 0 Å². The number of hydrogen-bond acceptors (Lipinski definition) is 4. The average molecular weight is 327 g/mol. The molecule has 0 saturated carbocycles. The fourth-order valence-corrected chi connectivity index (χ4v) is 2.78. The molecule has 2 heterocycles. The summed E-state index contributed by atoms with van der Waals surface area (Å²) in [6.45, 7) is 6.49. The Bertz CT molecular complexity index is 813. The summed E-state index contributed by atoms with van der Waals surface area (Å²) < 4.78 is 5.29. The quantitative estimate of drug-likeness (QED) is 0.882. The Morgan fingerprint density at radius 3 is 2.75 bits per heavy atom. The van der Waals surface area contributed by atoms with Crippen molar-refractivity contribution in [3.63, 3.8) is 0 Å². The number of hydrogen-bond donors (Lipinski definition) is 1. The first-order valence-electron chi connectivity index (χ1n) is 7.90. The molecule has 0 unspecified atom stereocenters. The highest BCUT2D eigenvalue weighted by Crippen LogP contribution is 2.16. The molecule has 0 saturated heterocycles. The van der Waals surface area contributed by atoms with Crippen molar-refractivity contribution in [1.29, 1.82) is 5.26 Å². The van der Waals surface area contributed by atoms with Gasteiger partial charge in [0.2, 0.25) is 5.91 Å². The molecule has 126 valence electrons. The van der Waals surface area contributed by atoms with E-state index < -0.39 is 0 Å². The van der Waals surface area contributed by atoms with Crippen molar-refractivity contribution in [2.45, 2.75) is 40.2 Å². The van der Waals surface area contributed by atoms with E-state index in [1.54, 1.807) is 31.1 Å². The third-order valence-electron chi connectivity index (χ3n) is 4.17. The largest absolute Gasteiger partial charge is 0.467 e. The second-order valence-electron chi connectivity index (χ2n) is 5.66. The molecule has 1 amide bonds. The molecule has 0 bridgehead atoms. The summed E-state index contributed by atoms with van der Waals surface area (Å²) in [6, 6.07) is 5.57. The van der Waals surface area contributed by atoms with Gasteiger partial charge in [-0.2, -0.15) is 5.26 Å². The molecule has 2 aromatic rings. The second-order valence-corrected chi connectivity index (χ2v) is 5.66. The molecule has 1 N–H and O–H groups in total. The molecule has 24 heavy (non-hydrogen) atoms. The van der Waals surface area contributed by atoms with E-state index in [2.05, 4.69) is 4.98 Å². The van der Waals surface area contributed by atoms with E-state index in [0.717, 1.165) is 11.3 Å². The zero-order valence-electron chi connectivity index (χ0n) is 14.2. The number of H-pyrrole nitrogens is 1. The van der Waals surface area contributed by atoms with Crippen LogP contribution in [0.4, 0.5) is 0 Å². The first-order valence-corrected chi connectivity index (χ1v) is 7.90. The lowest BCUT2D eigenvalue weighted by Crippen LogP contribution is -2.30. The third-order valence-corrected chi connectivity index (χ3v) is 4.17. The minimum Gasteiger partial charge on any atom is -0.467 e. The average Bonchev–Trinajstić information content (AvgIpc) is 3.05.